The van der Waals surface area contributed by atoms with Crippen LogP contribution >= 0.6 is 0 Å². The molecule has 0 aromatic heterocycles. The summed E-state index contributed by atoms with van der Waals surface area (Å²) in [4.78, 5) is 25.1. The van der Waals surface area contributed by atoms with E-state index in [9.17, 15) is 9.59 Å². The largest absolute Gasteiger partial charge is 0.494 e. The smallest absolute Gasteiger partial charge is 0.191 e. The summed E-state index contributed by atoms with van der Waals surface area (Å²) in [6, 6.07) is 18.1. The second-order valence-electron chi connectivity index (χ2n) is 12.3. The zero-order valence-corrected chi connectivity index (χ0v) is 27.7. The molecule has 0 heterocycles. The van der Waals surface area contributed by atoms with E-state index < -0.39 is 0 Å². The summed E-state index contributed by atoms with van der Waals surface area (Å²) in [6.45, 7) is 5.18. The van der Waals surface area contributed by atoms with Gasteiger partial charge in [-0.1, -0.05) is 134 Å². The average molecular weight is 601 g/mol. The van der Waals surface area contributed by atoms with E-state index in [0.29, 0.717) is 5.56 Å². The molecule has 0 amide bonds. The van der Waals surface area contributed by atoms with Crippen molar-refractivity contribution in [2.45, 2.75) is 129 Å². The molecule has 4 heteroatoms. The van der Waals surface area contributed by atoms with E-state index in [1.165, 1.54) is 70.6 Å². The van der Waals surface area contributed by atoms with Gasteiger partial charge in [0.05, 0.1) is 6.61 Å². The lowest BCUT2D eigenvalue weighted by atomic mass is 9.94. The maximum absolute atomic E-state index is 12.9. The van der Waals surface area contributed by atoms with Gasteiger partial charge in [0, 0.05) is 18.2 Å². The van der Waals surface area contributed by atoms with Crippen LogP contribution in [0.15, 0.2) is 54.6 Å². The number of aldehydes is 1. The molecule has 1 atom stereocenters. The summed E-state index contributed by atoms with van der Waals surface area (Å²) in [7, 11) is 1.62. The van der Waals surface area contributed by atoms with Crippen LogP contribution in [0.4, 0.5) is 0 Å². The second-order valence-corrected chi connectivity index (χ2v) is 12.3. The fourth-order valence-electron chi connectivity index (χ4n) is 6.02. The molecule has 0 radical (unpaired) electrons. The Morgan fingerprint density at radius 1 is 0.727 bits per heavy atom. The highest BCUT2D eigenvalue weighted by Gasteiger charge is 2.19. The Bertz CT molecular complexity index is 1250. The highest BCUT2D eigenvalue weighted by molar-refractivity contribution is 6.00. The minimum atomic E-state index is -0.379. The molecule has 0 aliphatic carbocycles. The van der Waals surface area contributed by atoms with Crippen molar-refractivity contribution >= 4 is 22.8 Å². The molecular weight excluding hydrogens is 544 g/mol. The third kappa shape index (κ3) is 11.8. The number of aryl methyl sites for hydroxylation is 2. The first-order valence-corrected chi connectivity index (χ1v) is 17.4. The number of unbranched alkanes of at least 4 members (excludes halogenated alkanes) is 12. The fraction of sp³-hybridized carbons (Fsp3) is 0.550. The van der Waals surface area contributed by atoms with Crippen molar-refractivity contribution in [3.8, 4) is 5.75 Å². The molecule has 3 rings (SSSR count). The molecule has 3 aromatic carbocycles. The Morgan fingerprint density at radius 2 is 1.36 bits per heavy atom. The molecule has 0 bridgehead atoms. The van der Waals surface area contributed by atoms with Crippen LogP contribution in [0.25, 0.3) is 10.8 Å². The van der Waals surface area contributed by atoms with Gasteiger partial charge in [-0.05, 0) is 65.8 Å². The van der Waals surface area contributed by atoms with Gasteiger partial charge in [0.25, 0.3) is 0 Å². The normalized spacial score (nSPS) is 12.0. The first-order chi connectivity index (χ1) is 21.6. The average Bonchev–Trinajstić information content (AvgIpc) is 3.06. The van der Waals surface area contributed by atoms with Crippen molar-refractivity contribution in [3.63, 3.8) is 0 Å². The van der Waals surface area contributed by atoms with Gasteiger partial charge in [0.1, 0.15) is 11.9 Å². The van der Waals surface area contributed by atoms with Crippen LogP contribution in [0.3, 0.4) is 0 Å². The maximum atomic E-state index is 12.9. The Morgan fingerprint density at radius 3 is 2.00 bits per heavy atom. The third-order valence-corrected chi connectivity index (χ3v) is 8.83. The van der Waals surface area contributed by atoms with Gasteiger partial charge in [-0.2, -0.15) is 0 Å². The number of ketones is 1. The van der Waals surface area contributed by atoms with Crippen LogP contribution in [0, 0.1) is 0 Å². The van der Waals surface area contributed by atoms with Crippen LogP contribution in [0.2, 0.25) is 0 Å². The standard InChI is InChI=1S/C40H56O4/c1-4-6-8-10-11-12-13-14-15-17-29-44-36-27-28-37-35(30-36)26-25-33(38(37)31-41)22-19-32-20-23-34(24-21-32)40(42)39(43-3)18-16-9-7-5-2/h20-21,23-28,30-31,39H,4-19,22,29H2,1-3H3/t39-/m1/s1. The quantitative estimate of drug-likeness (QED) is 0.0583. The highest BCUT2D eigenvalue weighted by Crippen LogP contribution is 2.27. The molecule has 0 aliphatic rings. The first-order valence-electron chi connectivity index (χ1n) is 17.4. The number of methoxy groups -OCH3 is 1. The van der Waals surface area contributed by atoms with Crippen LogP contribution in [-0.4, -0.2) is 31.9 Å². The lowest BCUT2D eigenvalue weighted by molar-refractivity contribution is 0.0572. The van der Waals surface area contributed by atoms with E-state index in [1.807, 2.05) is 36.4 Å². The van der Waals surface area contributed by atoms with Gasteiger partial charge in [-0.3, -0.25) is 9.59 Å². The third-order valence-electron chi connectivity index (χ3n) is 8.83. The number of hydrogen-bond donors (Lipinski definition) is 0. The van der Waals surface area contributed by atoms with Gasteiger partial charge < -0.3 is 9.47 Å². The minimum absolute atomic E-state index is 0.0557. The molecule has 0 aliphatic heterocycles. The van der Waals surface area contributed by atoms with E-state index in [-0.39, 0.29) is 11.9 Å². The number of hydrogen-bond acceptors (Lipinski definition) is 4. The molecular formula is C40H56O4. The lowest BCUT2D eigenvalue weighted by Gasteiger charge is -2.14. The molecule has 0 N–H and O–H groups in total. The highest BCUT2D eigenvalue weighted by atomic mass is 16.5. The second kappa shape index (κ2) is 20.9. The number of Topliss-reactive ketones (excluding diaryl/α,β-unsaturated/α-hetero) is 1. The topological polar surface area (TPSA) is 52.6 Å². The fourth-order valence-corrected chi connectivity index (χ4v) is 6.02. The molecule has 44 heavy (non-hydrogen) atoms. The van der Waals surface area contributed by atoms with E-state index >= 15 is 0 Å². The van der Waals surface area contributed by atoms with Crippen LogP contribution in [0.5, 0.6) is 5.75 Å². The number of fused-ring (bicyclic) bond motifs is 1. The summed E-state index contributed by atoms with van der Waals surface area (Å²) in [5.74, 6) is 0.921. The number of carbonyl (C=O) groups excluding carboxylic acids is 2. The molecule has 0 saturated carbocycles. The van der Waals surface area contributed by atoms with E-state index in [1.54, 1.807) is 7.11 Å². The Labute approximate surface area is 266 Å². The predicted octanol–water partition coefficient (Wildman–Crippen LogP) is 10.9. The van der Waals surface area contributed by atoms with Gasteiger partial charge in [0.2, 0.25) is 0 Å². The maximum Gasteiger partial charge on any atom is 0.191 e. The van der Waals surface area contributed by atoms with Gasteiger partial charge >= 0.3 is 0 Å². The van der Waals surface area contributed by atoms with Gasteiger partial charge in [-0.15, -0.1) is 0 Å². The van der Waals surface area contributed by atoms with Crippen LogP contribution < -0.4 is 4.74 Å². The van der Waals surface area contributed by atoms with Crippen molar-refractivity contribution < 1.29 is 19.1 Å². The summed E-state index contributed by atoms with van der Waals surface area (Å²) in [5, 5.41) is 2.00. The number of carbonyl (C=O) groups is 2. The Kier molecular flexibility index (Phi) is 16.8. The lowest BCUT2D eigenvalue weighted by Crippen LogP contribution is -2.23. The van der Waals surface area contributed by atoms with Crippen molar-refractivity contribution in [3.05, 3.63) is 76.9 Å². The number of ether oxygens (including phenoxy) is 2. The van der Waals surface area contributed by atoms with Crippen molar-refractivity contribution in [2.24, 2.45) is 0 Å². The van der Waals surface area contributed by atoms with Gasteiger partial charge in [-0.25, -0.2) is 0 Å². The number of benzene rings is 3. The van der Waals surface area contributed by atoms with Crippen molar-refractivity contribution in [2.75, 3.05) is 13.7 Å². The molecule has 0 spiro atoms. The molecule has 4 nitrogen and oxygen atoms in total. The molecule has 0 fully saturated rings. The number of rotatable bonds is 24. The van der Waals surface area contributed by atoms with Crippen LogP contribution in [0.1, 0.15) is 142 Å². The van der Waals surface area contributed by atoms with E-state index in [0.717, 1.165) is 84.6 Å². The monoisotopic (exact) mass is 600 g/mol. The summed E-state index contributed by atoms with van der Waals surface area (Å²) in [6.07, 6.45) is 20.5. The molecule has 240 valence electrons. The van der Waals surface area contributed by atoms with E-state index in [2.05, 4.69) is 32.0 Å². The zero-order valence-electron chi connectivity index (χ0n) is 27.7. The van der Waals surface area contributed by atoms with E-state index in [4.69, 9.17) is 9.47 Å². The first kappa shape index (κ1) is 35.5. The summed E-state index contributed by atoms with van der Waals surface area (Å²) >= 11 is 0. The Hall–Kier alpha value is -2.98. The Balaban J connectivity index is 1.47. The van der Waals surface area contributed by atoms with Crippen molar-refractivity contribution in [1.82, 2.24) is 0 Å². The zero-order chi connectivity index (χ0) is 31.4. The van der Waals surface area contributed by atoms with Crippen LogP contribution in [-0.2, 0) is 17.6 Å². The molecule has 0 unspecified atom stereocenters. The minimum Gasteiger partial charge on any atom is -0.494 e. The molecule has 3 aromatic rings. The predicted molar refractivity (Wildman–Crippen MR) is 184 cm³/mol. The van der Waals surface area contributed by atoms with Gasteiger partial charge in [0.15, 0.2) is 12.1 Å². The van der Waals surface area contributed by atoms with Crippen molar-refractivity contribution in [1.29, 1.82) is 0 Å². The SMILES string of the molecule is CCCCCCCCCCCCOc1ccc2c(C=O)c(CCc3ccc(C(=O)[C@@H](CCCCCC)OC)cc3)ccc2c1. The summed E-state index contributed by atoms with van der Waals surface area (Å²) in [5.41, 5.74) is 3.63. The summed E-state index contributed by atoms with van der Waals surface area (Å²) < 4.78 is 11.6. The molecule has 0 saturated heterocycles.